The minimum atomic E-state index is 0.268. The summed E-state index contributed by atoms with van der Waals surface area (Å²) in [5.74, 6) is 0.268. The zero-order valence-electron chi connectivity index (χ0n) is 15.6. The van der Waals surface area contributed by atoms with Crippen LogP contribution in [0.4, 0.5) is 5.69 Å². The van der Waals surface area contributed by atoms with Crippen molar-refractivity contribution in [1.82, 2.24) is 14.8 Å². The number of piperidine rings is 1. The molecule has 2 fully saturated rings. The Morgan fingerprint density at radius 2 is 1.78 bits per heavy atom. The third kappa shape index (κ3) is 3.88. The van der Waals surface area contributed by atoms with Crippen LogP contribution in [-0.2, 0) is 4.79 Å². The third-order valence-corrected chi connectivity index (χ3v) is 5.59. The second-order valence-corrected chi connectivity index (χ2v) is 7.36. The van der Waals surface area contributed by atoms with Gasteiger partial charge in [-0.15, -0.1) is 0 Å². The molecule has 1 aromatic heterocycles. The van der Waals surface area contributed by atoms with Gasteiger partial charge in [0.25, 0.3) is 0 Å². The van der Waals surface area contributed by atoms with Gasteiger partial charge in [0.2, 0.25) is 5.91 Å². The molecule has 2 saturated heterocycles. The number of fused-ring (bicyclic) bond motifs is 1. The molecule has 3 heterocycles. The summed E-state index contributed by atoms with van der Waals surface area (Å²) in [4.78, 5) is 23.5. The van der Waals surface area contributed by atoms with Crippen molar-refractivity contribution in [3.05, 3.63) is 36.0 Å². The average Bonchev–Trinajstić information content (AvgIpc) is 2.74. The first-order chi connectivity index (χ1) is 13.2. The van der Waals surface area contributed by atoms with E-state index in [1.54, 1.807) is 0 Å². The SMILES string of the molecule is N#Cc1cc(N2CCN(CC(=O)N3CCCCC3)CC2)c2ccccc2n1. The van der Waals surface area contributed by atoms with Gasteiger partial charge in [-0.25, -0.2) is 4.98 Å². The number of pyridine rings is 1. The lowest BCUT2D eigenvalue weighted by Gasteiger charge is -2.37. The molecule has 1 aromatic carbocycles. The molecule has 140 valence electrons. The Labute approximate surface area is 160 Å². The molecule has 2 aliphatic heterocycles. The van der Waals surface area contributed by atoms with Gasteiger partial charge in [0.05, 0.1) is 12.1 Å². The summed E-state index contributed by atoms with van der Waals surface area (Å²) < 4.78 is 0. The molecule has 2 aliphatic rings. The minimum Gasteiger partial charge on any atom is -0.368 e. The standard InChI is InChI=1S/C21H25N5O/c22-15-17-14-20(18-6-2-3-7-19(18)23-17)25-12-10-24(11-13-25)16-21(27)26-8-4-1-5-9-26/h2-3,6-7,14H,1,4-5,8-13,16H2. The van der Waals surface area contributed by atoms with Gasteiger partial charge < -0.3 is 9.80 Å². The fourth-order valence-corrected chi connectivity index (χ4v) is 4.06. The molecule has 0 unspecified atom stereocenters. The third-order valence-electron chi connectivity index (χ3n) is 5.59. The van der Waals surface area contributed by atoms with E-state index in [2.05, 4.69) is 26.9 Å². The van der Waals surface area contributed by atoms with Crippen LogP contribution in [0, 0.1) is 11.3 Å². The Morgan fingerprint density at radius 3 is 2.52 bits per heavy atom. The first-order valence-electron chi connectivity index (χ1n) is 9.79. The van der Waals surface area contributed by atoms with E-state index in [-0.39, 0.29) is 5.91 Å². The number of carbonyl (C=O) groups excluding carboxylic acids is 1. The zero-order chi connectivity index (χ0) is 18.6. The van der Waals surface area contributed by atoms with Crippen molar-refractivity contribution in [3.63, 3.8) is 0 Å². The minimum absolute atomic E-state index is 0.268. The number of piperazine rings is 1. The van der Waals surface area contributed by atoms with Crippen LogP contribution in [-0.4, -0.2) is 66.5 Å². The maximum atomic E-state index is 12.5. The first-order valence-corrected chi connectivity index (χ1v) is 9.79. The van der Waals surface area contributed by atoms with Gasteiger partial charge in [0, 0.05) is 50.3 Å². The molecule has 6 nitrogen and oxygen atoms in total. The van der Waals surface area contributed by atoms with Gasteiger partial charge >= 0.3 is 0 Å². The van der Waals surface area contributed by atoms with Crippen LogP contribution in [0.25, 0.3) is 10.9 Å². The molecule has 0 aliphatic carbocycles. The fourth-order valence-electron chi connectivity index (χ4n) is 4.06. The van der Waals surface area contributed by atoms with E-state index in [1.165, 1.54) is 6.42 Å². The number of likely N-dealkylation sites (tertiary alicyclic amines) is 1. The molecule has 0 saturated carbocycles. The van der Waals surface area contributed by atoms with E-state index in [0.717, 1.165) is 68.7 Å². The van der Waals surface area contributed by atoms with Crippen LogP contribution in [0.15, 0.2) is 30.3 Å². The number of benzene rings is 1. The van der Waals surface area contributed by atoms with Crippen molar-refractivity contribution in [2.45, 2.75) is 19.3 Å². The Bertz CT molecular complexity index is 860. The van der Waals surface area contributed by atoms with Gasteiger partial charge in [-0.3, -0.25) is 9.69 Å². The Kier molecular flexibility index (Phi) is 5.21. The lowest BCUT2D eigenvalue weighted by molar-refractivity contribution is -0.133. The lowest BCUT2D eigenvalue weighted by atomic mass is 10.1. The van der Waals surface area contributed by atoms with E-state index in [4.69, 9.17) is 0 Å². The summed E-state index contributed by atoms with van der Waals surface area (Å²) >= 11 is 0. The Balaban J connectivity index is 1.43. The maximum absolute atomic E-state index is 12.5. The quantitative estimate of drug-likeness (QED) is 0.837. The number of nitrogens with zero attached hydrogens (tertiary/aromatic N) is 5. The monoisotopic (exact) mass is 363 g/mol. The molecule has 0 bridgehead atoms. The molecule has 0 atom stereocenters. The van der Waals surface area contributed by atoms with E-state index in [9.17, 15) is 10.1 Å². The molecule has 4 rings (SSSR count). The number of hydrogen-bond acceptors (Lipinski definition) is 5. The number of rotatable bonds is 3. The predicted molar refractivity (Wildman–Crippen MR) is 106 cm³/mol. The highest BCUT2D eigenvalue weighted by Gasteiger charge is 2.24. The van der Waals surface area contributed by atoms with Gasteiger partial charge in [-0.1, -0.05) is 18.2 Å². The summed E-state index contributed by atoms with van der Waals surface area (Å²) in [5, 5.41) is 10.4. The lowest BCUT2D eigenvalue weighted by Crippen LogP contribution is -2.50. The van der Waals surface area contributed by atoms with Crippen LogP contribution in [0.5, 0.6) is 0 Å². The topological polar surface area (TPSA) is 63.5 Å². The van der Waals surface area contributed by atoms with Crippen LogP contribution in [0.1, 0.15) is 25.0 Å². The highest BCUT2D eigenvalue weighted by atomic mass is 16.2. The van der Waals surface area contributed by atoms with Crippen LogP contribution < -0.4 is 4.90 Å². The van der Waals surface area contributed by atoms with Crippen LogP contribution >= 0.6 is 0 Å². The fraction of sp³-hybridized carbons (Fsp3) is 0.476. The number of carbonyl (C=O) groups is 1. The molecular formula is C21H25N5O. The summed E-state index contributed by atoms with van der Waals surface area (Å²) in [6.45, 7) is 5.78. The summed E-state index contributed by atoms with van der Waals surface area (Å²) in [7, 11) is 0. The number of anilines is 1. The van der Waals surface area contributed by atoms with E-state index >= 15 is 0 Å². The molecule has 6 heteroatoms. The molecule has 0 spiro atoms. The molecule has 0 radical (unpaired) electrons. The predicted octanol–water partition coefficient (Wildman–Crippen LogP) is 2.24. The molecule has 27 heavy (non-hydrogen) atoms. The van der Waals surface area contributed by atoms with Crippen molar-refractivity contribution in [2.75, 3.05) is 50.7 Å². The molecule has 2 aromatic rings. The zero-order valence-corrected chi connectivity index (χ0v) is 15.6. The normalized spacial score (nSPS) is 18.5. The highest BCUT2D eigenvalue weighted by Crippen LogP contribution is 2.27. The van der Waals surface area contributed by atoms with Gasteiger partial charge in [-0.05, 0) is 31.4 Å². The van der Waals surface area contributed by atoms with Crippen LogP contribution in [0.3, 0.4) is 0 Å². The Hall–Kier alpha value is -2.65. The van der Waals surface area contributed by atoms with Crippen molar-refractivity contribution in [1.29, 1.82) is 5.26 Å². The second kappa shape index (κ2) is 7.93. The van der Waals surface area contributed by atoms with Gasteiger partial charge in [0.1, 0.15) is 11.8 Å². The summed E-state index contributed by atoms with van der Waals surface area (Å²) in [5.41, 5.74) is 2.37. The van der Waals surface area contributed by atoms with E-state index < -0.39 is 0 Å². The van der Waals surface area contributed by atoms with E-state index in [0.29, 0.717) is 12.2 Å². The smallest absolute Gasteiger partial charge is 0.236 e. The number of nitriles is 1. The number of para-hydroxylation sites is 1. The number of aromatic nitrogens is 1. The van der Waals surface area contributed by atoms with E-state index in [1.807, 2.05) is 29.2 Å². The van der Waals surface area contributed by atoms with Crippen molar-refractivity contribution in [3.8, 4) is 6.07 Å². The highest BCUT2D eigenvalue weighted by molar-refractivity contribution is 5.92. The number of amides is 1. The van der Waals surface area contributed by atoms with Crippen molar-refractivity contribution < 1.29 is 4.79 Å². The number of hydrogen-bond donors (Lipinski definition) is 0. The Morgan fingerprint density at radius 1 is 1.04 bits per heavy atom. The van der Waals surface area contributed by atoms with Crippen molar-refractivity contribution in [2.24, 2.45) is 0 Å². The average molecular weight is 363 g/mol. The maximum Gasteiger partial charge on any atom is 0.236 e. The largest absolute Gasteiger partial charge is 0.368 e. The molecule has 1 amide bonds. The molecule has 0 N–H and O–H groups in total. The van der Waals surface area contributed by atoms with Crippen molar-refractivity contribution >= 4 is 22.5 Å². The summed E-state index contributed by atoms with van der Waals surface area (Å²) in [6, 6.07) is 12.0. The second-order valence-electron chi connectivity index (χ2n) is 7.36. The van der Waals surface area contributed by atoms with Crippen LogP contribution in [0.2, 0.25) is 0 Å². The van der Waals surface area contributed by atoms with Gasteiger partial charge in [-0.2, -0.15) is 5.26 Å². The molecular weight excluding hydrogens is 338 g/mol. The summed E-state index contributed by atoms with van der Waals surface area (Å²) in [6.07, 6.45) is 3.51. The van der Waals surface area contributed by atoms with Gasteiger partial charge in [0.15, 0.2) is 0 Å². The first kappa shape index (κ1) is 17.7.